The van der Waals surface area contributed by atoms with Gasteiger partial charge >= 0.3 is 0 Å². The van der Waals surface area contributed by atoms with E-state index in [4.69, 9.17) is 4.74 Å². The molecule has 4 rings (SSSR count). The van der Waals surface area contributed by atoms with E-state index in [1.54, 1.807) is 6.07 Å². The molecule has 1 fully saturated rings. The van der Waals surface area contributed by atoms with Crippen LogP contribution in [0.15, 0.2) is 29.4 Å². The first-order valence-corrected chi connectivity index (χ1v) is 10.7. The lowest BCUT2D eigenvalue weighted by molar-refractivity contribution is 0.122. The lowest BCUT2D eigenvalue weighted by Crippen LogP contribution is -2.37. The Morgan fingerprint density at radius 2 is 2.03 bits per heavy atom. The summed E-state index contributed by atoms with van der Waals surface area (Å²) in [6, 6.07) is 6.46. The Hall–Kier alpha value is -2.53. The van der Waals surface area contributed by atoms with Crippen LogP contribution in [0.5, 0.6) is 0 Å². The van der Waals surface area contributed by atoms with Crippen LogP contribution in [-0.4, -0.2) is 61.3 Å². The second-order valence-corrected chi connectivity index (χ2v) is 7.60. The van der Waals surface area contributed by atoms with Gasteiger partial charge in [0.25, 0.3) is 0 Å². The third kappa shape index (κ3) is 4.56. The zero-order valence-corrected chi connectivity index (χ0v) is 17.1. The van der Waals surface area contributed by atoms with Crippen LogP contribution >= 0.6 is 11.8 Å². The molecule has 2 aromatic heterocycles. The molecule has 0 unspecified atom stereocenters. The van der Waals surface area contributed by atoms with Gasteiger partial charge in [0, 0.05) is 19.6 Å². The maximum Gasteiger partial charge on any atom is 0.232 e. The number of benzene rings is 1. The Labute approximate surface area is 172 Å². The van der Waals surface area contributed by atoms with Crippen LogP contribution in [0, 0.1) is 5.82 Å². The number of ether oxygens (including phenoxy) is 1. The summed E-state index contributed by atoms with van der Waals surface area (Å²) in [4.78, 5) is 2.11. The number of unbranched alkanes of at least 4 members (excludes halogenated alkanes) is 1. The molecular weight excluding hydrogens is 395 g/mol. The summed E-state index contributed by atoms with van der Waals surface area (Å²) in [5.41, 5.74) is 0.685. The van der Waals surface area contributed by atoms with Gasteiger partial charge in [-0.05, 0) is 35.0 Å². The Morgan fingerprint density at radius 3 is 2.83 bits per heavy atom. The van der Waals surface area contributed by atoms with E-state index in [0.29, 0.717) is 48.8 Å². The summed E-state index contributed by atoms with van der Waals surface area (Å²) >= 11 is 1.48. The highest BCUT2D eigenvalue weighted by atomic mass is 32.2. The summed E-state index contributed by atoms with van der Waals surface area (Å²) in [5.74, 6) is 1.72. The fourth-order valence-corrected chi connectivity index (χ4v) is 3.98. The predicted octanol–water partition coefficient (Wildman–Crippen LogP) is 2.32. The number of nitrogens with zero attached hydrogens (tertiary/aromatic N) is 8. The Balaban J connectivity index is 1.61. The quantitative estimate of drug-likeness (QED) is 0.515. The van der Waals surface area contributed by atoms with Gasteiger partial charge in [-0.15, -0.1) is 15.3 Å². The van der Waals surface area contributed by atoms with Crippen molar-refractivity contribution in [3.8, 4) is 5.69 Å². The summed E-state index contributed by atoms with van der Waals surface area (Å²) in [7, 11) is 0. The number of aryl methyl sites for hydroxylation is 1. The fourth-order valence-electron chi connectivity index (χ4n) is 3.10. The predicted molar refractivity (Wildman–Crippen MR) is 107 cm³/mol. The zero-order valence-electron chi connectivity index (χ0n) is 16.2. The van der Waals surface area contributed by atoms with Crippen molar-refractivity contribution < 1.29 is 9.13 Å². The molecule has 0 atom stereocenters. The molecule has 0 saturated carbocycles. The van der Waals surface area contributed by atoms with E-state index in [0.717, 1.165) is 25.2 Å². The summed E-state index contributed by atoms with van der Waals surface area (Å²) in [5, 5.41) is 21.4. The van der Waals surface area contributed by atoms with Crippen molar-refractivity contribution in [2.75, 3.05) is 31.2 Å². The molecule has 1 aliphatic heterocycles. The molecule has 0 aliphatic carbocycles. The van der Waals surface area contributed by atoms with Crippen molar-refractivity contribution in [2.45, 2.75) is 37.2 Å². The van der Waals surface area contributed by atoms with Gasteiger partial charge in [-0.25, -0.2) is 9.07 Å². The molecule has 3 heterocycles. The van der Waals surface area contributed by atoms with Crippen molar-refractivity contribution in [3.63, 3.8) is 0 Å². The maximum atomic E-state index is 13.9. The molecule has 0 bridgehead atoms. The zero-order chi connectivity index (χ0) is 20.1. The number of aromatic nitrogens is 7. The fraction of sp³-hybridized carbons (Fsp3) is 0.500. The molecule has 29 heavy (non-hydrogen) atoms. The van der Waals surface area contributed by atoms with E-state index in [1.165, 1.54) is 23.9 Å². The van der Waals surface area contributed by atoms with Crippen molar-refractivity contribution >= 4 is 17.7 Å². The highest BCUT2D eigenvalue weighted by Crippen LogP contribution is 2.29. The highest BCUT2D eigenvalue weighted by Gasteiger charge is 2.22. The van der Waals surface area contributed by atoms with Crippen LogP contribution in [0.1, 0.15) is 25.6 Å². The minimum Gasteiger partial charge on any atom is -0.378 e. The summed E-state index contributed by atoms with van der Waals surface area (Å²) in [6.45, 7) is 5.61. The largest absolute Gasteiger partial charge is 0.378 e. The first kappa shape index (κ1) is 19.8. The van der Waals surface area contributed by atoms with E-state index >= 15 is 0 Å². The van der Waals surface area contributed by atoms with Crippen LogP contribution < -0.4 is 4.90 Å². The van der Waals surface area contributed by atoms with Crippen LogP contribution in [0.25, 0.3) is 5.69 Å². The molecule has 0 spiro atoms. The van der Waals surface area contributed by atoms with Gasteiger partial charge < -0.3 is 9.64 Å². The van der Waals surface area contributed by atoms with Gasteiger partial charge in [0.2, 0.25) is 5.95 Å². The molecule has 0 radical (unpaired) electrons. The number of tetrazole rings is 1. The second kappa shape index (κ2) is 9.31. The molecule has 0 N–H and O–H groups in total. The minimum absolute atomic E-state index is 0.302. The lowest BCUT2D eigenvalue weighted by Gasteiger charge is -2.27. The third-order valence-corrected chi connectivity index (χ3v) is 5.56. The van der Waals surface area contributed by atoms with E-state index in [2.05, 4.69) is 37.5 Å². The van der Waals surface area contributed by atoms with Crippen molar-refractivity contribution in [3.05, 3.63) is 35.9 Å². The van der Waals surface area contributed by atoms with Crippen LogP contribution in [-0.2, 0) is 17.0 Å². The molecule has 9 nitrogen and oxygen atoms in total. The van der Waals surface area contributed by atoms with Crippen LogP contribution in [0.3, 0.4) is 0 Å². The summed E-state index contributed by atoms with van der Waals surface area (Å²) in [6.07, 6.45) is 2.09. The number of thioether (sulfide) groups is 1. The Morgan fingerprint density at radius 1 is 1.17 bits per heavy atom. The topological polar surface area (TPSA) is 86.8 Å². The molecular formula is C18H23FN8OS. The van der Waals surface area contributed by atoms with Gasteiger partial charge in [-0.2, -0.15) is 0 Å². The Kier molecular flexibility index (Phi) is 6.35. The average Bonchev–Trinajstić information content (AvgIpc) is 3.38. The Bertz CT molecular complexity index is 940. The van der Waals surface area contributed by atoms with Crippen LogP contribution in [0.4, 0.5) is 10.3 Å². The normalized spacial score (nSPS) is 14.5. The SMILES string of the molecule is CCCCn1nnnc1CSc1nnc(N2CCOCC2)n1-c1cccc(F)c1. The number of halogens is 1. The first-order chi connectivity index (χ1) is 14.3. The smallest absolute Gasteiger partial charge is 0.232 e. The minimum atomic E-state index is -0.302. The van der Waals surface area contributed by atoms with Crippen LogP contribution in [0.2, 0.25) is 0 Å². The van der Waals surface area contributed by atoms with Gasteiger partial charge in [0.1, 0.15) is 5.82 Å². The average molecular weight is 419 g/mol. The molecule has 1 saturated heterocycles. The number of morpholine rings is 1. The van der Waals surface area contributed by atoms with Crippen molar-refractivity contribution in [1.29, 1.82) is 0 Å². The standard InChI is InChI=1S/C18H23FN8OS/c1-2-3-7-26-16(20-23-24-26)13-29-18-22-21-17(25-8-10-28-11-9-25)27(18)15-6-4-5-14(19)12-15/h4-6,12H,2-3,7-11,13H2,1H3. The molecule has 3 aromatic rings. The van der Waals surface area contributed by atoms with E-state index < -0.39 is 0 Å². The lowest BCUT2D eigenvalue weighted by atomic mass is 10.3. The second-order valence-electron chi connectivity index (χ2n) is 6.66. The summed E-state index contributed by atoms with van der Waals surface area (Å²) < 4.78 is 23.1. The van der Waals surface area contributed by atoms with Crippen molar-refractivity contribution in [2.24, 2.45) is 0 Å². The molecule has 1 aromatic carbocycles. The number of hydrogen-bond acceptors (Lipinski definition) is 8. The van der Waals surface area contributed by atoms with Gasteiger partial charge in [-0.1, -0.05) is 31.2 Å². The van der Waals surface area contributed by atoms with Gasteiger partial charge in [0.15, 0.2) is 11.0 Å². The van der Waals surface area contributed by atoms with Gasteiger partial charge in [-0.3, -0.25) is 4.57 Å². The molecule has 11 heteroatoms. The van der Waals surface area contributed by atoms with Gasteiger partial charge in [0.05, 0.1) is 24.7 Å². The monoisotopic (exact) mass is 418 g/mol. The molecule has 0 amide bonds. The molecule has 1 aliphatic rings. The van der Waals surface area contributed by atoms with E-state index in [1.807, 2.05) is 15.3 Å². The number of anilines is 1. The first-order valence-electron chi connectivity index (χ1n) is 9.68. The highest BCUT2D eigenvalue weighted by molar-refractivity contribution is 7.98. The third-order valence-electron chi connectivity index (χ3n) is 4.64. The maximum absolute atomic E-state index is 13.9. The molecule has 154 valence electrons. The van der Waals surface area contributed by atoms with Crippen molar-refractivity contribution in [1.82, 2.24) is 35.0 Å². The van der Waals surface area contributed by atoms with E-state index in [9.17, 15) is 4.39 Å². The number of hydrogen-bond donors (Lipinski definition) is 0. The number of rotatable bonds is 8. The van der Waals surface area contributed by atoms with E-state index in [-0.39, 0.29) is 5.82 Å².